The summed E-state index contributed by atoms with van der Waals surface area (Å²) in [5.41, 5.74) is 0. The minimum absolute atomic E-state index is 0.193. The van der Waals surface area contributed by atoms with Crippen LogP contribution in [0.3, 0.4) is 0 Å². The molecule has 2 aromatic rings. The zero-order valence-electron chi connectivity index (χ0n) is 9.31. The van der Waals surface area contributed by atoms with Crippen LogP contribution >= 0.6 is 0 Å². The summed E-state index contributed by atoms with van der Waals surface area (Å²) in [4.78, 5) is 3.93. The van der Waals surface area contributed by atoms with Gasteiger partial charge >= 0.3 is 0 Å². The number of unbranched alkanes of at least 4 members (excludes halogenated alkanes) is 1. The van der Waals surface area contributed by atoms with E-state index in [1.165, 1.54) is 6.20 Å². The van der Waals surface area contributed by atoms with E-state index in [4.69, 9.17) is 4.74 Å². The standard InChI is InChI=1S/C13H15NO2/c1-2-3-6-16-11-5-4-10-8-14-9-13(15)12(10)7-11/h4-5,7-9,15H,2-3,6H2,1H3. The minimum Gasteiger partial charge on any atom is -0.506 e. The minimum atomic E-state index is 0.193. The maximum Gasteiger partial charge on any atom is 0.141 e. The lowest BCUT2D eigenvalue weighted by molar-refractivity contribution is 0.309. The van der Waals surface area contributed by atoms with Crippen molar-refractivity contribution in [2.24, 2.45) is 0 Å². The highest BCUT2D eigenvalue weighted by atomic mass is 16.5. The predicted molar refractivity (Wildman–Crippen MR) is 63.8 cm³/mol. The number of hydrogen-bond acceptors (Lipinski definition) is 3. The number of ether oxygens (including phenoxy) is 1. The summed E-state index contributed by atoms with van der Waals surface area (Å²) in [5.74, 6) is 0.987. The summed E-state index contributed by atoms with van der Waals surface area (Å²) in [7, 11) is 0. The molecule has 1 aromatic heterocycles. The van der Waals surface area contributed by atoms with Crippen molar-refractivity contribution < 1.29 is 9.84 Å². The van der Waals surface area contributed by atoms with Crippen LogP contribution in [0, 0.1) is 0 Å². The van der Waals surface area contributed by atoms with E-state index in [2.05, 4.69) is 11.9 Å². The lowest BCUT2D eigenvalue weighted by Gasteiger charge is -2.07. The molecule has 0 aliphatic rings. The fraction of sp³-hybridized carbons (Fsp3) is 0.308. The molecule has 0 saturated heterocycles. The fourth-order valence-corrected chi connectivity index (χ4v) is 1.55. The SMILES string of the molecule is CCCCOc1ccc2cncc(O)c2c1. The molecule has 0 unspecified atom stereocenters. The third kappa shape index (κ3) is 2.24. The highest BCUT2D eigenvalue weighted by Crippen LogP contribution is 2.27. The molecular weight excluding hydrogens is 202 g/mol. The Bertz CT molecular complexity index is 482. The molecule has 0 fully saturated rings. The van der Waals surface area contributed by atoms with Crippen molar-refractivity contribution in [3.63, 3.8) is 0 Å². The van der Waals surface area contributed by atoms with Crippen LogP contribution in [-0.2, 0) is 0 Å². The van der Waals surface area contributed by atoms with Crippen molar-refractivity contribution in [3.8, 4) is 11.5 Å². The molecule has 0 radical (unpaired) electrons. The Morgan fingerprint density at radius 1 is 1.31 bits per heavy atom. The van der Waals surface area contributed by atoms with Crippen LogP contribution in [0.15, 0.2) is 30.6 Å². The number of pyridine rings is 1. The molecule has 0 saturated carbocycles. The number of benzene rings is 1. The Hall–Kier alpha value is -1.77. The summed E-state index contributed by atoms with van der Waals surface area (Å²) >= 11 is 0. The quantitative estimate of drug-likeness (QED) is 0.800. The molecule has 0 aliphatic carbocycles. The number of aromatic nitrogens is 1. The summed E-state index contributed by atoms with van der Waals surface area (Å²) < 4.78 is 5.58. The van der Waals surface area contributed by atoms with Crippen LogP contribution in [0.25, 0.3) is 10.8 Å². The molecule has 2 rings (SSSR count). The van der Waals surface area contributed by atoms with Gasteiger partial charge in [-0.2, -0.15) is 0 Å². The van der Waals surface area contributed by atoms with Crippen molar-refractivity contribution in [2.45, 2.75) is 19.8 Å². The van der Waals surface area contributed by atoms with Crippen molar-refractivity contribution in [3.05, 3.63) is 30.6 Å². The molecule has 3 heteroatoms. The van der Waals surface area contributed by atoms with Crippen molar-refractivity contribution in [1.82, 2.24) is 4.98 Å². The van der Waals surface area contributed by atoms with E-state index in [0.29, 0.717) is 6.61 Å². The highest BCUT2D eigenvalue weighted by molar-refractivity contribution is 5.88. The van der Waals surface area contributed by atoms with E-state index in [0.717, 1.165) is 29.4 Å². The van der Waals surface area contributed by atoms with E-state index in [1.807, 2.05) is 18.2 Å². The van der Waals surface area contributed by atoms with Gasteiger partial charge in [-0.05, 0) is 24.6 Å². The average molecular weight is 217 g/mol. The Kier molecular flexibility index (Phi) is 3.25. The number of nitrogens with zero attached hydrogens (tertiary/aromatic N) is 1. The fourth-order valence-electron chi connectivity index (χ4n) is 1.55. The Balaban J connectivity index is 2.25. The number of fused-ring (bicyclic) bond motifs is 1. The van der Waals surface area contributed by atoms with Gasteiger partial charge in [0.25, 0.3) is 0 Å². The second-order valence-electron chi connectivity index (χ2n) is 3.74. The van der Waals surface area contributed by atoms with Crippen LogP contribution in [0.5, 0.6) is 11.5 Å². The summed E-state index contributed by atoms with van der Waals surface area (Å²) in [6, 6.07) is 5.66. The smallest absolute Gasteiger partial charge is 0.141 e. The molecule has 1 heterocycles. The van der Waals surface area contributed by atoms with Gasteiger partial charge in [-0.1, -0.05) is 13.3 Å². The summed E-state index contributed by atoms with van der Waals surface area (Å²) in [5, 5.41) is 11.3. The van der Waals surface area contributed by atoms with Gasteiger partial charge in [-0.3, -0.25) is 4.98 Å². The molecule has 3 nitrogen and oxygen atoms in total. The lowest BCUT2D eigenvalue weighted by atomic mass is 10.1. The third-order valence-electron chi connectivity index (χ3n) is 2.48. The first-order chi connectivity index (χ1) is 7.81. The Labute approximate surface area is 94.7 Å². The molecule has 1 N–H and O–H groups in total. The van der Waals surface area contributed by atoms with E-state index < -0.39 is 0 Å². The van der Waals surface area contributed by atoms with Crippen LogP contribution in [-0.4, -0.2) is 16.7 Å². The van der Waals surface area contributed by atoms with Gasteiger partial charge in [0, 0.05) is 17.0 Å². The first-order valence-electron chi connectivity index (χ1n) is 5.51. The van der Waals surface area contributed by atoms with Crippen LogP contribution in [0.2, 0.25) is 0 Å². The average Bonchev–Trinajstić information content (AvgIpc) is 2.30. The molecule has 16 heavy (non-hydrogen) atoms. The van der Waals surface area contributed by atoms with Gasteiger partial charge < -0.3 is 9.84 Å². The summed E-state index contributed by atoms with van der Waals surface area (Å²) in [6.45, 7) is 2.84. The van der Waals surface area contributed by atoms with Crippen LogP contribution < -0.4 is 4.74 Å². The van der Waals surface area contributed by atoms with E-state index in [-0.39, 0.29) is 5.75 Å². The van der Waals surface area contributed by atoms with Crippen molar-refractivity contribution in [2.75, 3.05) is 6.61 Å². The molecule has 84 valence electrons. The second-order valence-corrected chi connectivity index (χ2v) is 3.74. The molecule has 0 bridgehead atoms. The number of hydrogen-bond donors (Lipinski definition) is 1. The number of aromatic hydroxyl groups is 1. The van der Waals surface area contributed by atoms with Crippen molar-refractivity contribution in [1.29, 1.82) is 0 Å². The topological polar surface area (TPSA) is 42.4 Å². The van der Waals surface area contributed by atoms with Crippen LogP contribution in [0.1, 0.15) is 19.8 Å². The van der Waals surface area contributed by atoms with Gasteiger partial charge in [-0.15, -0.1) is 0 Å². The Morgan fingerprint density at radius 3 is 3.00 bits per heavy atom. The first kappa shape index (κ1) is 10.7. The monoisotopic (exact) mass is 217 g/mol. The zero-order valence-corrected chi connectivity index (χ0v) is 9.31. The second kappa shape index (κ2) is 4.84. The molecule has 1 aromatic carbocycles. The molecular formula is C13H15NO2. The maximum atomic E-state index is 9.65. The van der Waals surface area contributed by atoms with E-state index in [1.54, 1.807) is 6.20 Å². The molecule has 0 spiro atoms. The van der Waals surface area contributed by atoms with Gasteiger partial charge in [0.15, 0.2) is 0 Å². The van der Waals surface area contributed by atoms with E-state index in [9.17, 15) is 5.11 Å². The molecule has 0 aliphatic heterocycles. The normalized spacial score (nSPS) is 10.6. The van der Waals surface area contributed by atoms with Crippen molar-refractivity contribution >= 4 is 10.8 Å². The van der Waals surface area contributed by atoms with Gasteiger partial charge in [0.1, 0.15) is 11.5 Å². The van der Waals surface area contributed by atoms with E-state index >= 15 is 0 Å². The molecule has 0 atom stereocenters. The van der Waals surface area contributed by atoms with Crippen LogP contribution in [0.4, 0.5) is 0 Å². The number of rotatable bonds is 4. The van der Waals surface area contributed by atoms with Gasteiger partial charge in [0.05, 0.1) is 12.8 Å². The largest absolute Gasteiger partial charge is 0.506 e. The lowest BCUT2D eigenvalue weighted by Crippen LogP contribution is -1.96. The summed E-state index contributed by atoms with van der Waals surface area (Å²) in [6.07, 6.45) is 5.33. The molecule has 0 amide bonds. The third-order valence-corrected chi connectivity index (χ3v) is 2.48. The van der Waals surface area contributed by atoms with Gasteiger partial charge in [0.2, 0.25) is 0 Å². The maximum absolute atomic E-state index is 9.65. The predicted octanol–water partition coefficient (Wildman–Crippen LogP) is 3.12. The zero-order chi connectivity index (χ0) is 11.4. The highest BCUT2D eigenvalue weighted by Gasteiger charge is 2.01. The Morgan fingerprint density at radius 2 is 2.19 bits per heavy atom. The van der Waals surface area contributed by atoms with Gasteiger partial charge in [-0.25, -0.2) is 0 Å². The first-order valence-corrected chi connectivity index (χ1v) is 5.51.